The van der Waals surface area contributed by atoms with Crippen molar-refractivity contribution in [3.63, 3.8) is 0 Å². The highest BCUT2D eigenvalue weighted by atomic mass is 32.2. The van der Waals surface area contributed by atoms with Gasteiger partial charge in [0.1, 0.15) is 5.82 Å². The Morgan fingerprint density at radius 2 is 1.53 bits per heavy atom. The second-order valence-electron chi connectivity index (χ2n) is 4.02. The average Bonchev–Trinajstić information content (AvgIpc) is 2.39. The van der Waals surface area contributed by atoms with Gasteiger partial charge in [-0.05, 0) is 48.5 Å². The SMILES string of the molecule is CN(c1ccc(N)cc1)S(=O)(=O)c1ccc(F)cc1. The van der Waals surface area contributed by atoms with E-state index in [2.05, 4.69) is 0 Å². The van der Waals surface area contributed by atoms with Crippen molar-refractivity contribution in [3.05, 3.63) is 54.3 Å². The van der Waals surface area contributed by atoms with E-state index in [1.54, 1.807) is 24.3 Å². The van der Waals surface area contributed by atoms with Gasteiger partial charge in [0.05, 0.1) is 10.6 Å². The summed E-state index contributed by atoms with van der Waals surface area (Å²) < 4.78 is 38.5. The van der Waals surface area contributed by atoms with Crippen molar-refractivity contribution in [1.29, 1.82) is 0 Å². The molecule has 2 N–H and O–H groups in total. The molecular formula is C13H13FN2O2S. The van der Waals surface area contributed by atoms with Gasteiger partial charge >= 0.3 is 0 Å². The fourth-order valence-electron chi connectivity index (χ4n) is 1.59. The van der Waals surface area contributed by atoms with E-state index in [9.17, 15) is 12.8 Å². The van der Waals surface area contributed by atoms with Crippen LogP contribution >= 0.6 is 0 Å². The summed E-state index contributed by atoms with van der Waals surface area (Å²) in [6.45, 7) is 0. The Kier molecular flexibility index (Phi) is 3.44. The molecule has 0 aliphatic heterocycles. The van der Waals surface area contributed by atoms with E-state index < -0.39 is 15.8 Å². The van der Waals surface area contributed by atoms with Gasteiger partial charge in [-0.15, -0.1) is 0 Å². The monoisotopic (exact) mass is 280 g/mol. The van der Waals surface area contributed by atoms with Crippen LogP contribution in [-0.4, -0.2) is 15.5 Å². The molecule has 0 heterocycles. The van der Waals surface area contributed by atoms with E-state index in [0.29, 0.717) is 11.4 Å². The summed E-state index contributed by atoms with van der Waals surface area (Å²) in [7, 11) is -2.26. The van der Waals surface area contributed by atoms with E-state index in [-0.39, 0.29) is 4.90 Å². The molecule has 0 saturated heterocycles. The first-order valence-electron chi connectivity index (χ1n) is 5.51. The van der Waals surface area contributed by atoms with Gasteiger partial charge < -0.3 is 5.73 Å². The quantitative estimate of drug-likeness (QED) is 0.877. The zero-order chi connectivity index (χ0) is 14.0. The standard InChI is InChI=1S/C13H13FN2O2S/c1-16(12-6-4-11(15)5-7-12)19(17,18)13-8-2-10(14)3-9-13/h2-9H,15H2,1H3. The van der Waals surface area contributed by atoms with Gasteiger partial charge in [0.15, 0.2) is 0 Å². The van der Waals surface area contributed by atoms with Crippen LogP contribution in [0, 0.1) is 5.82 Å². The third-order valence-electron chi connectivity index (χ3n) is 2.73. The van der Waals surface area contributed by atoms with Gasteiger partial charge in [-0.2, -0.15) is 0 Å². The van der Waals surface area contributed by atoms with Crippen molar-refractivity contribution in [2.45, 2.75) is 4.90 Å². The van der Waals surface area contributed by atoms with E-state index in [1.165, 1.54) is 19.2 Å². The van der Waals surface area contributed by atoms with Crippen LogP contribution in [0.2, 0.25) is 0 Å². The molecule has 0 unspecified atom stereocenters. The lowest BCUT2D eigenvalue weighted by molar-refractivity contribution is 0.593. The zero-order valence-corrected chi connectivity index (χ0v) is 11.1. The molecule has 0 atom stereocenters. The van der Waals surface area contributed by atoms with Crippen LogP contribution in [0.1, 0.15) is 0 Å². The van der Waals surface area contributed by atoms with Crippen LogP contribution in [0.4, 0.5) is 15.8 Å². The Morgan fingerprint density at radius 1 is 1.00 bits per heavy atom. The third kappa shape index (κ3) is 2.68. The minimum atomic E-state index is -3.70. The number of rotatable bonds is 3. The lowest BCUT2D eigenvalue weighted by Gasteiger charge is -2.19. The molecule has 2 aromatic carbocycles. The summed E-state index contributed by atoms with van der Waals surface area (Å²) in [6, 6.07) is 11.1. The molecular weight excluding hydrogens is 267 g/mol. The predicted octanol–water partition coefficient (Wildman–Crippen LogP) is 2.23. The maximum absolute atomic E-state index is 12.8. The summed E-state index contributed by atoms with van der Waals surface area (Å²) in [5.41, 5.74) is 6.59. The Hall–Kier alpha value is -2.08. The highest BCUT2D eigenvalue weighted by Crippen LogP contribution is 2.22. The number of nitrogens with zero attached hydrogens (tertiary/aromatic N) is 1. The molecule has 19 heavy (non-hydrogen) atoms. The van der Waals surface area contributed by atoms with E-state index in [0.717, 1.165) is 16.4 Å². The van der Waals surface area contributed by atoms with Crippen LogP contribution in [0.5, 0.6) is 0 Å². The molecule has 2 aromatic rings. The number of halogens is 1. The second kappa shape index (κ2) is 4.89. The molecule has 0 radical (unpaired) electrons. The topological polar surface area (TPSA) is 63.4 Å². The van der Waals surface area contributed by atoms with Crippen LogP contribution in [-0.2, 0) is 10.0 Å². The molecule has 0 aliphatic rings. The predicted molar refractivity (Wildman–Crippen MR) is 72.8 cm³/mol. The molecule has 0 amide bonds. The normalized spacial score (nSPS) is 11.3. The molecule has 6 heteroatoms. The first kappa shape index (κ1) is 13.4. The lowest BCUT2D eigenvalue weighted by Crippen LogP contribution is -2.26. The van der Waals surface area contributed by atoms with Gasteiger partial charge in [0.25, 0.3) is 10.0 Å². The number of sulfonamides is 1. The fraction of sp³-hybridized carbons (Fsp3) is 0.0769. The summed E-state index contributed by atoms with van der Waals surface area (Å²) in [5, 5.41) is 0. The number of nitrogens with two attached hydrogens (primary N) is 1. The van der Waals surface area contributed by atoms with Crippen molar-refractivity contribution in [2.75, 3.05) is 17.1 Å². The number of nitrogen functional groups attached to an aromatic ring is 1. The van der Waals surface area contributed by atoms with Crippen molar-refractivity contribution >= 4 is 21.4 Å². The summed E-state index contributed by atoms with van der Waals surface area (Å²) in [6.07, 6.45) is 0. The van der Waals surface area contributed by atoms with E-state index in [1.807, 2.05) is 0 Å². The van der Waals surface area contributed by atoms with Gasteiger partial charge in [-0.3, -0.25) is 4.31 Å². The summed E-state index contributed by atoms with van der Waals surface area (Å²) >= 11 is 0. The molecule has 0 saturated carbocycles. The molecule has 0 spiro atoms. The highest BCUT2D eigenvalue weighted by molar-refractivity contribution is 7.92. The summed E-state index contributed by atoms with van der Waals surface area (Å²) in [5.74, 6) is -0.478. The van der Waals surface area contributed by atoms with Gasteiger partial charge in [-0.1, -0.05) is 0 Å². The molecule has 0 aromatic heterocycles. The molecule has 4 nitrogen and oxygen atoms in total. The Morgan fingerprint density at radius 3 is 2.05 bits per heavy atom. The third-order valence-corrected chi connectivity index (χ3v) is 4.53. The fourth-order valence-corrected chi connectivity index (χ4v) is 2.78. The van der Waals surface area contributed by atoms with Crippen molar-refractivity contribution in [2.24, 2.45) is 0 Å². The van der Waals surface area contributed by atoms with Crippen LogP contribution < -0.4 is 10.0 Å². The van der Waals surface area contributed by atoms with Gasteiger partial charge in [0.2, 0.25) is 0 Å². The highest BCUT2D eigenvalue weighted by Gasteiger charge is 2.20. The van der Waals surface area contributed by atoms with E-state index in [4.69, 9.17) is 5.73 Å². The molecule has 100 valence electrons. The Bertz CT molecular complexity index is 667. The maximum atomic E-state index is 12.8. The van der Waals surface area contributed by atoms with Gasteiger partial charge in [-0.25, -0.2) is 12.8 Å². The molecule has 0 fully saturated rings. The first-order valence-corrected chi connectivity index (χ1v) is 6.95. The second-order valence-corrected chi connectivity index (χ2v) is 5.99. The summed E-state index contributed by atoms with van der Waals surface area (Å²) in [4.78, 5) is 0.0354. The maximum Gasteiger partial charge on any atom is 0.264 e. The van der Waals surface area contributed by atoms with Crippen molar-refractivity contribution in [3.8, 4) is 0 Å². The number of benzene rings is 2. The average molecular weight is 280 g/mol. The van der Waals surface area contributed by atoms with Crippen molar-refractivity contribution < 1.29 is 12.8 Å². The Labute approximate surface area is 111 Å². The molecule has 0 bridgehead atoms. The number of hydrogen-bond donors (Lipinski definition) is 1. The molecule has 2 rings (SSSR count). The number of hydrogen-bond acceptors (Lipinski definition) is 3. The largest absolute Gasteiger partial charge is 0.399 e. The zero-order valence-electron chi connectivity index (χ0n) is 10.2. The number of anilines is 2. The van der Waals surface area contributed by atoms with Crippen LogP contribution in [0.25, 0.3) is 0 Å². The first-order chi connectivity index (χ1) is 8.91. The molecule has 0 aliphatic carbocycles. The van der Waals surface area contributed by atoms with Gasteiger partial charge in [0, 0.05) is 12.7 Å². The Balaban J connectivity index is 2.39. The van der Waals surface area contributed by atoms with Crippen LogP contribution in [0.3, 0.4) is 0 Å². The lowest BCUT2D eigenvalue weighted by atomic mass is 10.3. The van der Waals surface area contributed by atoms with Crippen LogP contribution in [0.15, 0.2) is 53.4 Å². The minimum absolute atomic E-state index is 0.0354. The van der Waals surface area contributed by atoms with Crippen molar-refractivity contribution in [1.82, 2.24) is 0 Å². The minimum Gasteiger partial charge on any atom is -0.399 e. The van der Waals surface area contributed by atoms with E-state index >= 15 is 0 Å². The smallest absolute Gasteiger partial charge is 0.264 e.